The topological polar surface area (TPSA) is 75.1 Å². The van der Waals surface area contributed by atoms with Crippen molar-refractivity contribution in [3.8, 4) is 11.3 Å². The third kappa shape index (κ3) is 2.81. The lowest BCUT2D eigenvalue weighted by Crippen LogP contribution is -2.23. The van der Waals surface area contributed by atoms with Crippen LogP contribution in [0.15, 0.2) is 47.4 Å². The molecule has 7 heteroatoms. The highest BCUT2D eigenvalue weighted by Gasteiger charge is 2.12. The number of imidazole rings is 1. The van der Waals surface area contributed by atoms with Gasteiger partial charge in [-0.15, -0.1) is 0 Å². The highest BCUT2D eigenvalue weighted by Crippen LogP contribution is 2.20. The summed E-state index contributed by atoms with van der Waals surface area (Å²) >= 11 is 1.60. The molecule has 2 N–H and O–H groups in total. The summed E-state index contributed by atoms with van der Waals surface area (Å²) < 4.78 is 1.94. The molecule has 4 aromatic rings. The number of thiophene rings is 1. The summed E-state index contributed by atoms with van der Waals surface area (Å²) in [6.07, 6.45) is 3.88. The van der Waals surface area contributed by atoms with E-state index in [0.29, 0.717) is 12.2 Å². The number of nitrogens with one attached hydrogen (secondary N) is 2. The number of rotatable bonds is 4. The molecule has 0 aromatic carbocycles. The Labute approximate surface area is 142 Å². The van der Waals surface area contributed by atoms with Crippen molar-refractivity contribution in [3.63, 3.8) is 0 Å². The van der Waals surface area contributed by atoms with Crippen molar-refractivity contribution in [2.24, 2.45) is 0 Å². The molecule has 0 atom stereocenters. The highest BCUT2D eigenvalue weighted by molar-refractivity contribution is 7.08. The van der Waals surface area contributed by atoms with Gasteiger partial charge in [0, 0.05) is 23.3 Å². The van der Waals surface area contributed by atoms with Gasteiger partial charge in [0.25, 0.3) is 5.91 Å². The number of hydrogen-bond donors (Lipinski definition) is 2. The molecule has 0 aliphatic heterocycles. The minimum atomic E-state index is -0.197. The summed E-state index contributed by atoms with van der Waals surface area (Å²) in [7, 11) is 0. The van der Waals surface area contributed by atoms with Crippen LogP contribution in [0.25, 0.3) is 16.9 Å². The minimum Gasteiger partial charge on any atom is -0.345 e. The quantitative estimate of drug-likeness (QED) is 0.601. The Balaban J connectivity index is 1.46. The molecule has 0 radical (unpaired) electrons. The average Bonchev–Trinajstić information content (AvgIpc) is 3.30. The smallest absolute Gasteiger partial charge is 0.269 e. The summed E-state index contributed by atoms with van der Waals surface area (Å²) in [4.78, 5) is 16.8. The third-order valence-electron chi connectivity index (χ3n) is 3.74. The summed E-state index contributed by atoms with van der Waals surface area (Å²) in [6.45, 7) is 2.39. The van der Waals surface area contributed by atoms with Crippen molar-refractivity contribution < 1.29 is 4.79 Å². The number of aromatic nitrogens is 4. The van der Waals surface area contributed by atoms with E-state index in [-0.39, 0.29) is 5.91 Å². The molecular formula is C17H15N5OS. The maximum absolute atomic E-state index is 12.3. The Bertz CT molecular complexity index is 999. The van der Waals surface area contributed by atoms with Gasteiger partial charge >= 0.3 is 0 Å². The molecule has 4 heterocycles. The van der Waals surface area contributed by atoms with Crippen LogP contribution in [0.2, 0.25) is 0 Å². The van der Waals surface area contributed by atoms with Gasteiger partial charge in [-0.3, -0.25) is 9.89 Å². The van der Waals surface area contributed by atoms with Crippen LogP contribution in [-0.2, 0) is 6.54 Å². The number of aromatic amines is 1. The van der Waals surface area contributed by atoms with Crippen molar-refractivity contribution >= 4 is 22.9 Å². The first-order chi connectivity index (χ1) is 11.7. The van der Waals surface area contributed by atoms with Crippen molar-refractivity contribution in [3.05, 3.63) is 64.4 Å². The number of fused-ring (bicyclic) bond motifs is 1. The van der Waals surface area contributed by atoms with Gasteiger partial charge in [-0.05, 0) is 42.1 Å². The van der Waals surface area contributed by atoms with Gasteiger partial charge in [-0.1, -0.05) is 0 Å². The van der Waals surface area contributed by atoms with Gasteiger partial charge in [0.2, 0.25) is 0 Å². The lowest BCUT2D eigenvalue weighted by Gasteiger charge is -1.99. The van der Waals surface area contributed by atoms with E-state index in [1.807, 2.05) is 52.7 Å². The molecule has 6 nitrogen and oxygen atoms in total. The van der Waals surface area contributed by atoms with Crippen LogP contribution in [0, 0.1) is 6.92 Å². The van der Waals surface area contributed by atoms with E-state index in [1.165, 1.54) is 0 Å². The van der Waals surface area contributed by atoms with Gasteiger partial charge in [0.1, 0.15) is 11.3 Å². The zero-order valence-electron chi connectivity index (χ0n) is 13.0. The predicted molar refractivity (Wildman–Crippen MR) is 93.0 cm³/mol. The van der Waals surface area contributed by atoms with Crippen LogP contribution in [0.1, 0.15) is 21.7 Å². The molecular weight excluding hydrogens is 322 g/mol. The van der Waals surface area contributed by atoms with E-state index < -0.39 is 0 Å². The molecule has 4 aromatic heterocycles. The molecule has 120 valence electrons. The highest BCUT2D eigenvalue weighted by atomic mass is 32.1. The SMILES string of the molecule is Cc1ccn2cc(CNC(=O)c3cc(-c4ccsc4)n[nH]3)nc2c1. The molecule has 0 saturated carbocycles. The van der Waals surface area contributed by atoms with E-state index in [2.05, 4.69) is 20.5 Å². The van der Waals surface area contributed by atoms with Crippen LogP contribution >= 0.6 is 11.3 Å². The molecule has 4 rings (SSSR count). The molecule has 24 heavy (non-hydrogen) atoms. The molecule has 0 aliphatic rings. The fourth-order valence-corrected chi connectivity index (χ4v) is 3.13. The molecule has 1 amide bonds. The number of aryl methyl sites for hydroxylation is 1. The minimum absolute atomic E-state index is 0.197. The first-order valence-corrected chi connectivity index (χ1v) is 8.44. The Kier molecular flexibility index (Phi) is 3.62. The van der Waals surface area contributed by atoms with Crippen molar-refractivity contribution in [1.82, 2.24) is 24.9 Å². The van der Waals surface area contributed by atoms with Crippen LogP contribution in [0.3, 0.4) is 0 Å². The number of carbonyl (C=O) groups excluding carboxylic acids is 1. The van der Waals surface area contributed by atoms with Crippen LogP contribution < -0.4 is 5.32 Å². The lowest BCUT2D eigenvalue weighted by atomic mass is 10.2. The standard InChI is InChI=1S/C17H15N5OS/c1-11-2-4-22-9-13(19-16(22)6-11)8-18-17(23)15-7-14(20-21-15)12-3-5-24-10-12/h2-7,9-10H,8H2,1H3,(H,18,23)(H,20,21). The second-order valence-corrected chi connectivity index (χ2v) is 6.34. The van der Waals surface area contributed by atoms with Gasteiger partial charge in [-0.25, -0.2) is 4.98 Å². The number of carbonyl (C=O) groups is 1. The van der Waals surface area contributed by atoms with Gasteiger partial charge in [0.05, 0.1) is 17.9 Å². The van der Waals surface area contributed by atoms with Crippen molar-refractivity contribution in [2.45, 2.75) is 13.5 Å². The number of amides is 1. The van der Waals surface area contributed by atoms with E-state index in [9.17, 15) is 4.79 Å². The maximum Gasteiger partial charge on any atom is 0.269 e. The number of H-pyrrole nitrogens is 1. The molecule has 0 aliphatic carbocycles. The Hall–Kier alpha value is -2.93. The Morgan fingerprint density at radius 3 is 3.12 bits per heavy atom. The number of hydrogen-bond acceptors (Lipinski definition) is 4. The number of pyridine rings is 1. The summed E-state index contributed by atoms with van der Waals surface area (Å²) in [5, 5.41) is 13.8. The van der Waals surface area contributed by atoms with Gasteiger partial charge in [0.15, 0.2) is 0 Å². The summed E-state index contributed by atoms with van der Waals surface area (Å²) in [6, 6.07) is 7.76. The predicted octanol–water partition coefficient (Wildman–Crippen LogP) is 3.02. The van der Waals surface area contributed by atoms with E-state index in [0.717, 1.165) is 28.2 Å². The largest absolute Gasteiger partial charge is 0.345 e. The molecule has 0 fully saturated rings. The zero-order valence-corrected chi connectivity index (χ0v) is 13.8. The van der Waals surface area contributed by atoms with Crippen LogP contribution in [-0.4, -0.2) is 25.5 Å². The Morgan fingerprint density at radius 1 is 1.38 bits per heavy atom. The van der Waals surface area contributed by atoms with Crippen LogP contribution in [0.4, 0.5) is 0 Å². The Morgan fingerprint density at radius 2 is 2.29 bits per heavy atom. The molecule has 0 saturated heterocycles. The molecule has 0 spiro atoms. The molecule has 0 bridgehead atoms. The van der Waals surface area contributed by atoms with E-state index in [1.54, 1.807) is 17.4 Å². The fourth-order valence-electron chi connectivity index (χ4n) is 2.48. The first kappa shape index (κ1) is 14.6. The second-order valence-electron chi connectivity index (χ2n) is 5.56. The average molecular weight is 337 g/mol. The maximum atomic E-state index is 12.3. The second kappa shape index (κ2) is 5.93. The van der Waals surface area contributed by atoms with Gasteiger partial charge in [-0.2, -0.15) is 16.4 Å². The monoisotopic (exact) mass is 337 g/mol. The first-order valence-electron chi connectivity index (χ1n) is 7.49. The van der Waals surface area contributed by atoms with Crippen molar-refractivity contribution in [1.29, 1.82) is 0 Å². The summed E-state index contributed by atoms with van der Waals surface area (Å²) in [5.41, 5.74) is 5.06. The lowest BCUT2D eigenvalue weighted by molar-refractivity contribution is 0.0945. The molecule has 0 unspecified atom stereocenters. The normalized spacial score (nSPS) is 11.0. The third-order valence-corrected chi connectivity index (χ3v) is 4.42. The van der Waals surface area contributed by atoms with E-state index in [4.69, 9.17) is 0 Å². The zero-order chi connectivity index (χ0) is 16.5. The van der Waals surface area contributed by atoms with E-state index >= 15 is 0 Å². The fraction of sp³-hybridized carbons (Fsp3) is 0.118. The van der Waals surface area contributed by atoms with Crippen molar-refractivity contribution in [2.75, 3.05) is 0 Å². The number of nitrogens with zero attached hydrogens (tertiary/aromatic N) is 3. The summed E-state index contributed by atoms with van der Waals surface area (Å²) in [5.74, 6) is -0.197. The van der Waals surface area contributed by atoms with Gasteiger partial charge < -0.3 is 9.72 Å². The van der Waals surface area contributed by atoms with Crippen LogP contribution in [0.5, 0.6) is 0 Å².